The zero-order valence-corrected chi connectivity index (χ0v) is 15.1. The molecule has 0 radical (unpaired) electrons. The molecule has 1 heterocycles. The molecule has 0 atom stereocenters. The van der Waals surface area contributed by atoms with Gasteiger partial charge in [-0.2, -0.15) is 0 Å². The Morgan fingerprint density at radius 2 is 1.77 bits per heavy atom. The van der Waals surface area contributed by atoms with Crippen LogP contribution in [0.5, 0.6) is 0 Å². The van der Waals surface area contributed by atoms with Gasteiger partial charge in [-0.15, -0.1) is 0 Å². The van der Waals surface area contributed by atoms with E-state index < -0.39 is 0 Å². The van der Waals surface area contributed by atoms with Gasteiger partial charge in [0.15, 0.2) is 0 Å². The number of pyridine rings is 1. The number of hydrogen-bond donors (Lipinski definition) is 0. The third-order valence-corrected chi connectivity index (χ3v) is 5.11. The van der Waals surface area contributed by atoms with Crippen molar-refractivity contribution < 1.29 is 9.53 Å². The summed E-state index contributed by atoms with van der Waals surface area (Å²) in [7, 11) is 0. The number of esters is 1. The van der Waals surface area contributed by atoms with E-state index in [4.69, 9.17) is 9.72 Å². The molecule has 0 amide bonds. The first kappa shape index (κ1) is 16.8. The van der Waals surface area contributed by atoms with E-state index in [0.717, 1.165) is 59.0 Å². The van der Waals surface area contributed by atoms with Crippen LogP contribution in [0.25, 0.3) is 10.9 Å². The molecule has 0 saturated heterocycles. The summed E-state index contributed by atoms with van der Waals surface area (Å²) in [5.74, 6) is -0.234. The molecule has 26 heavy (non-hydrogen) atoms. The van der Waals surface area contributed by atoms with Crippen LogP contribution in [-0.4, -0.2) is 11.0 Å². The zero-order valence-electron chi connectivity index (χ0n) is 15.1. The summed E-state index contributed by atoms with van der Waals surface area (Å²) in [5, 5.41) is 0.905. The Labute approximate surface area is 154 Å². The van der Waals surface area contributed by atoms with Crippen LogP contribution in [0, 0.1) is 6.92 Å². The Bertz CT molecular complexity index is 944. The lowest BCUT2D eigenvalue weighted by atomic mass is 9.97. The number of rotatable bonds is 3. The monoisotopic (exact) mass is 345 g/mol. The highest BCUT2D eigenvalue weighted by Gasteiger charge is 2.22. The fourth-order valence-electron chi connectivity index (χ4n) is 3.69. The summed E-state index contributed by atoms with van der Waals surface area (Å²) >= 11 is 0. The number of fused-ring (bicyclic) bond motifs is 2. The maximum atomic E-state index is 13.0. The highest BCUT2D eigenvalue weighted by atomic mass is 16.5. The first-order valence-electron chi connectivity index (χ1n) is 9.35. The molecule has 0 N–H and O–H groups in total. The molecular formula is C23H23NO2. The van der Waals surface area contributed by atoms with Gasteiger partial charge >= 0.3 is 5.97 Å². The Morgan fingerprint density at radius 3 is 2.62 bits per heavy atom. The van der Waals surface area contributed by atoms with E-state index in [2.05, 4.69) is 0 Å². The molecule has 0 bridgehead atoms. The van der Waals surface area contributed by atoms with Crippen molar-refractivity contribution in [1.82, 2.24) is 4.98 Å². The Hall–Kier alpha value is -2.68. The molecule has 3 heteroatoms. The van der Waals surface area contributed by atoms with Crippen molar-refractivity contribution in [2.75, 3.05) is 0 Å². The van der Waals surface area contributed by atoms with Crippen LogP contribution in [0.2, 0.25) is 0 Å². The number of carbonyl (C=O) groups excluding carboxylic acids is 1. The number of hydrogen-bond acceptors (Lipinski definition) is 3. The standard InChI is InChI=1S/C23H23NO2/c1-16-11-13-17(14-12-16)15-26-23(25)22-18-7-3-2-4-9-20(18)24-21-10-6-5-8-19(21)22/h5-6,8,10-14H,2-4,7,9,15H2,1H3. The maximum absolute atomic E-state index is 13.0. The molecule has 1 aromatic heterocycles. The van der Waals surface area contributed by atoms with Crippen molar-refractivity contribution in [2.45, 2.75) is 45.6 Å². The van der Waals surface area contributed by atoms with E-state index >= 15 is 0 Å². The SMILES string of the molecule is Cc1ccc(COC(=O)c2c3c(nc4ccccc24)CCCCC3)cc1. The molecule has 0 saturated carbocycles. The highest BCUT2D eigenvalue weighted by Crippen LogP contribution is 2.29. The van der Waals surface area contributed by atoms with Crippen LogP contribution in [0.4, 0.5) is 0 Å². The number of ether oxygens (including phenoxy) is 1. The molecule has 1 aliphatic rings. The molecule has 2 aromatic carbocycles. The van der Waals surface area contributed by atoms with Gasteiger partial charge in [-0.25, -0.2) is 4.79 Å². The molecule has 0 spiro atoms. The topological polar surface area (TPSA) is 39.2 Å². The number of para-hydroxylation sites is 1. The van der Waals surface area contributed by atoms with Crippen molar-refractivity contribution in [3.8, 4) is 0 Å². The van der Waals surface area contributed by atoms with Crippen LogP contribution in [0.3, 0.4) is 0 Å². The second-order valence-corrected chi connectivity index (χ2v) is 7.05. The molecule has 3 aromatic rings. The van der Waals surface area contributed by atoms with Crippen LogP contribution in [0.1, 0.15) is 52.0 Å². The van der Waals surface area contributed by atoms with E-state index in [1.807, 2.05) is 55.5 Å². The first-order valence-corrected chi connectivity index (χ1v) is 9.35. The highest BCUT2D eigenvalue weighted by molar-refractivity contribution is 6.05. The molecular weight excluding hydrogens is 322 g/mol. The van der Waals surface area contributed by atoms with Gasteiger partial charge in [-0.05, 0) is 49.8 Å². The van der Waals surface area contributed by atoms with Crippen molar-refractivity contribution >= 4 is 16.9 Å². The summed E-state index contributed by atoms with van der Waals surface area (Å²) in [5.41, 5.74) is 5.98. The van der Waals surface area contributed by atoms with Crippen molar-refractivity contribution in [3.63, 3.8) is 0 Å². The molecule has 4 rings (SSSR count). The third-order valence-electron chi connectivity index (χ3n) is 5.11. The minimum atomic E-state index is -0.234. The molecule has 3 nitrogen and oxygen atoms in total. The summed E-state index contributed by atoms with van der Waals surface area (Å²) in [6, 6.07) is 16.0. The number of nitrogens with zero attached hydrogens (tertiary/aromatic N) is 1. The van der Waals surface area contributed by atoms with Crippen molar-refractivity contribution in [3.05, 3.63) is 76.5 Å². The number of benzene rings is 2. The maximum Gasteiger partial charge on any atom is 0.339 e. The molecule has 132 valence electrons. The Balaban J connectivity index is 1.70. The third kappa shape index (κ3) is 3.34. The van der Waals surface area contributed by atoms with Crippen LogP contribution in [0.15, 0.2) is 48.5 Å². The first-order chi connectivity index (χ1) is 12.7. The summed E-state index contributed by atoms with van der Waals surface area (Å²) in [6.07, 6.45) is 5.27. The van der Waals surface area contributed by atoms with Crippen LogP contribution >= 0.6 is 0 Å². The lowest BCUT2D eigenvalue weighted by Crippen LogP contribution is -2.12. The van der Waals surface area contributed by atoms with Crippen molar-refractivity contribution in [1.29, 1.82) is 0 Å². The Morgan fingerprint density at radius 1 is 1.00 bits per heavy atom. The van der Waals surface area contributed by atoms with E-state index in [9.17, 15) is 4.79 Å². The predicted molar refractivity (Wildman–Crippen MR) is 103 cm³/mol. The van der Waals surface area contributed by atoms with Crippen LogP contribution in [-0.2, 0) is 24.2 Å². The van der Waals surface area contributed by atoms with Crippen molar-refractivity contribution in [2.24, 2.45) is 0 Å². The van der Waals surface area contributed by atoms with E-state index in [0.29, 0.717) is 6.61 Å². The van der Waals surface area contributed by atoms with Gasteiger partial charge in [-0.1, -0.05) is 54.4 Å². The van der Waals surface area contributed by atoms with Gasteiger partial charge in [0.25, 0.3) is 0 Å². The minimum Gasteiger partial charge on any atom is -0.457 e. The summed E-state index contributed by atoms with van der Waals surface area (Å²) < 4.78 is 5.70. The largest absolute Gasteiger partial charge is 0.457 e. The normalized spacial score (nSPS) is 13.9. The van der Waals surface area contributed by atoms with Gasteiger partial charge in [0.2, 0.25) is 0 Å². The smallest absolute Gasteiger partial charge is 0.339 e. The fourth-order valence-corrected chi connectivity index (χ4v) is 3.69. The summed E-state index contributed by atoms with van der Waals surface area (Å²) in [6.45, 7) is 2.35. The fraction of sp³-hybridized carbons (Fsp3) is 0.304. The number of aromatic nitrogens is 1. The lowest BCUT2D eigenvalue weighted by Gasteiger charge is -2.15. The van der Waals surface area contributed by atoms with E-state index in [-0.39, 0.29) is 5.97 Å². The average molecular weight is 345 g/mol. The second-order valence-electron chi connectivity index (χ2n) is 7.05. The number of carbonyl (C=O) groups is 1. The van der Waals surface area contributed by atoms with Gasteiger partial charge < -0.3 is 4.74 Å². The second kappa shape index (κ2) is 7.28. The van der Waals surface area contributed by atoms with Gasteiger partial charge in [0.05, 0.1) is 11.1 Å². The van der Waals surface area contributed by atoms with Gasteiger partial charge in [0, 0.05) is 11.1 Å². The lowest BCUT2D eigenvalue weighted by molar-refractivity contribution is 0.0473. The quantitative estimate of drug-likeness (QED) is 0.486. The molecule has 0 fully saturated rings. The Kier molecular flexibility index (Phi) is 4.70. The van der Waals surface area contributed by atoms with E-state index in [1.54, 1.807) is 0 Å². The predicted octanol–water partition coefficient (Wildman–Crippen LogP) is 5.17. The molecule has 0 unspecified atom stereocenters. The van der Waals surface area contributed by atoms with Crippen LogP contribution < -0.4 is 0 Å². The average Bonchev–Trinajstić information content (AvgIpc) is 2.90. The molecule has 0 aliphatic heterocycles. The van der Waals surface area contributed by atoms with Gasteiger partial charge in [0.1, 0.15) is 6.61 Å². The molecule has 1 aliphatic carbocycles. The minimum absolute atomic E-state index is 0.234. The van der Waals surface area contributed by atoms with E-state index in [1.165, 1.54) is 12.0 Å². The summed E-state index contributed by atoms with van der Waals surface area (Å²) in [4.78, 5) is 17.9. The number of aryl methyl sites for hydroxylation is 2. The zero-order chi connectivity index (χ0) is 17.9. The van der Waals surface area contributed by atoms with Gasteiger partial charge in [-0.3, -0.25) is 4.98 Å².